The number of ether oxygens (including phenoxy) is 1. The second-order valence-corrected chi connectivity index (χ2v) is 9.48. The number of urea groups is 1. The number of carbonyl (C=O) groups excluding carboxylic acids is 2. The summed E-state index contributed by atoms with van der Waals surface area (Å²) in [6, 6.07) is 9.20. The lowest BCUT2D eigenvalue weighted by Crippen LogP contribution is -2.46. The maximum Gasteiger partial charge on any atom is 0.413 e. The Labute approximate surface area is 225 Å². The predicted octanol–water partition coefficient (Wildman–Crippen LogP) is 5.15. The number of hydrogen-bond donors (Lipinski definition) is 3. The Hall–Kier alpha value is -3.84. The molecule has 1 heterocycles. The van der Waals surface area contributed by atoms with E-state index in [1.54, 1.807) is 24.3 Å². The van der Waals surface area contributed by atoms with Gasteiger partial charge in [0.1, 0.15) is 11.6 Å². The van der Waals surface area contributed by atoms with Crippen LogP contribution in [0.4, 0.5) is 23.5 Å². The number of hydrogen-bond acceptors (Lipinski definition) is 7. The van der Waals surface area contributed by atoms with Gasteiger partial charge in [0.25, 0.3) is 0 Å². The fourth-order valence-corrected chi connectivity index (χ4v) is 4.16. The lowest BCUT2D eigenvalue weighted by molar-refractivity contribution is -0.137. The molecule has 1 atom stereocenters. The van der Waals surface area contributed by atoms with Crippen LogP contribution in [-0.4, -0.2) is 58.0 Å². The third kappa shape index (κ3) is 8.35. The second kappa shape index (κ2) is 13.6. The summed E-state index contributed by atoms with van der Waals surface area (Å²) in [7, 11) is 1.42. The van der Waals surface area contributed by atoms with Crippen molar-refractivity contribution in [3.63, 3.8) is 0 Å². The first-order valence-electron chi connectivity index (χ1n) is 11.3. The van der Waals surface area contributed by atoms with Crippen LogP contribution >= 0.6 is 22.9 Å². The third-order valence-corrected chi connectivity index (χ3v) is 6.53. The van der Waals surface area contributed by atoms with E-state index < -0.39 is 35.8 Å². The molecule has 0 fully saturated rings. The molecule has 14 heteroatoms. The number of aromatic nitrogens is 2. The van der Waals surface area contributed by atoms with E-state index in [4.69, 9.17) is 21.4 Å². The molecule has 2 aromatic carbocycles. The zero-order valence-corrected chi connectivity index (χ0v) is 21.7. The molecule has 3 aromatic rings. The van der Waals surface area contributed by atoms with E-state index in [2.05, 4.69) is 20.8 Å². The van der Waals surface area contributed by atoms with Gasteiger partial charge in [0, 0.05) is 36.2 Å². The highest BCUT2D eigenvalue weighted by atomic mass is 35.5. The molecule has 0 aliphatic heterocycles. The quantitative estimate of drug-likeness (QED) is 0.292. The number of nitrogens with one attached hydrogen (secondary N) is 2. The molecule has 0 saturated carbocycles. The Bertz CT molecular complexity index is 1280. The number of carboxylic acids is 1. The van der Waals surface area contributed by atoms with Gasteiger partial charge in [-0.05, 0) is 31.0 Å². The number of nitrogens with zero attached hydrogens (tertiary/aromatic N) is 3. The van der Waals surface area contributed by atoms with E-state index in [9.17, 15) is 23.2 Å². The number of anilines is 1. The molecular formula is C24H24ClF2N5O5S. The number of amides is 3. The molecule has 10 nitrogen and oxygen atoms in total. The fraction of sp³-hybridized carbons (Fsp3) is 0.292. The normalized spacial score (nSPS) is 11.5. The monoisotopic (exact) mass is 567 g/mol. The minimum atomic E-state index is -1.07. The number of likely N-dealkylation sites (N-methyl/N-ethyl adjacent to an activating group) is 1. The molecule has 3 amide bonds. The zero-order chi connectivity index (χ0) is 27.7. The molecular weight excluding hydrogens is 544 g/mol. The van der Waals surface area contributed by atoms with Crippen LogP contribution in [0.5, 0.6) is 0 Å². The van der Waals surface area contributed by atoms with E-state index in [1.807, 2.05) is 0 Å². The molecule has 0 aliphatic rings. The van der Waals surface area contributed by atoms with Crippen LogP contribution in [0.2, 0.25) is 5.02 Å². The van der Waals surface area contributed by atoms with Crippen molar-refractivity contribution < 1.29 is 33.0 Å². The van der Waals surface area contributed by atoms with Gasteiger partial charge in [-0.25, -0.2) is 18.4 Å². The molecule has 0 saturated heterocycles. The lowest BCUT2D eigenvalue weighted by atomic mass is 10.1. The van der Waals surface area contributed by atoms with E-state index >= 15 is 0 Å². The topological polar surface area (TPSA) is 134 Å². The van der Waals surface area contributed by atoms with Gasteiger partial charge in [0.05, 0.1) is 6.04 Å². The van der Waals surface area contributed by atoms with Crippen molar-refractivity contribution in [3.05, 3.63) is 64.7 Å². The predicted molar refractivity (Wildman–Crippen MR) is 137 cm³/mol. The summed E-state index contributed by atoms with van der Waals surface area (Å²) >= 11 is 7.00. The molecule has 0 bridgehead atoms. The van der Waals surface area contributed by atoms with Gasteiger partial charge >= 0.3 is 18.1 Å². The maximum absolute atomic E-state index is 13.9. The number of carboxylic acid groups (broad SMARTS) is 1. The second-order valence-electron chi connectivity index (χ2n) is 8.07. The van der Waals surface area contributed by atoms with Crippen LogP contribution in [0, 0.1) is 11.6 Å². The number of aliphatic carboxylic acids is 1. The first-order valence-corrected chi connectivity index (χ1v) is 12.5. The molecule has 0 radical (unpaired) electrons. The Balaban J connectivity index is 1.57. The van der Waals surface area contributed by atoms with Gasteiger partial charge in [-0.1, -0.05) is 47.2 Å². The molecule has 0 aliphatic carbocycles. The van der Waals surface area contributed by atoms with E-state index in [1.165, 1.54) is 24.1 Å². The highest BCUT2D eigenvalue weighted by molar-refractivity contribution is 7.18. The maximum atomic E-state index is 13.9. The van der Waals surface area contributed by atoms with Gasteiger partial charge in [-0.3, -0.25) is 10.1 Å². The highest BCUT2D eigenvalue weighted by Crippen LogP contribution is 2.27. The largest absolute Gasteiger partial charge is 0.481 e. The molecule has 0 unspecified atom stereocenters. The number of rotatable bonds is 11. The number of carbonyl (C=O) groups is 3. The van der Waals surface area contributed by atoms with E-state index in [-0.39, 0.29) is 43.1 Å². The Morgan fingerprint density at radius 2 is 1.89 bits per heavy atom. The minimum Gasteiger partial charge on any atom is -0.481 e. The molecule has 202 valence electrons. The van der Waals surface area contributed by atoms with Gasteiger partial charge in [-0.2, -0.15) is 0 Å². The van der Waals surface area contributed by atoms with Crippen molar-refractivity contribution in [2.75, 3.05) is 19.0 Å². The molecule has 3 rings (SSSR count). The van der Waals surface area contributed by atoms with Crippen molar-refractivity contribution in [1.82, 2.24) is 20.4 Å². The number of halogens is 3. The standard InChI is InChI=1S/C24H24ClF2N5O5S/c1-32(23(35)28-12-15-4-2-6-18(26)20(15)27)17(5-3-7-19(33)34)13-37-24(36)29-22-31-30-21(38-22)14-8-10-16(25)11-9-14/h2,4,6,8-11,17H,3,5,7,12-13H2,1H3,(H,28,35)(H,33,34)(H,29,31,36)/t17-/m0/s1. The van der Waals surface area contributed by atoms with E-state index in [0.29, 0.717) is 10.0 Å². The summed E-state index contributed by atoms with van der Waals surface area (Å²) in [4.78, 5) is 37.1. The first-order chi connectivity index (χ1) is 18.1. The van der Waals surface area contributed by atoms with Crippen LogP contribution < -0.4 is 10.6 Å². The summed E-state index contributed by atoms with van der Waals surface area (Å²) in [6.45, 7) is -0.532. The summed E-state index contributed by atoms with van der Waals surface area (Å²) in [6.07, 6.45) is -0.577. The van der Waals surface area contributed by atoms with Crippen molar-refractivity contribution in [3.8, 4) is 10.6 Å². The molecule has 1 aromatic heterocycles. The molecule has 0 spiro atoms. The molecule has 38 heavy (non-hydrogen) atoms. The van der Waals surface area contributed by atoms with Gasteiger partial charge in [0.2, 0.25) is 5.13 Å². The average Bonchev–Trinajstić information content (AvgIpc) is 3.34. The van der Waals surface area contributed by atoms with Crippen molar-refractivity contribution in [1.29, 1.82) is 0 Å². The van der Waals surface area contributed by atoms with Gasteiger partial charge < -0.3 is 20.1 Å². The third-order valence-electron chi connectivity index (χ3n) is 5.39. The summed E-state index contributed by atoms with van der Waals surface area (Å²) in [5, 5.41) is 23.1. The number of benzene rings is 2. The van der Waals surface area contributed by atoms with Crippen molar-refractivity contribution >= 4 is 46.2 Å². The van der Waals surface area contributed by atoms with E-state index in [0.717, 1.165) is 23.0 Å². The fourth-order valence-electron chi connectivity index (χ4n) is 3.30. The van der Waals surface area contributed by atoms with Gasteiger partial charge in [0.15, 0.2) is 11.6 Å². The van der Waals surface area contributed by atoms with Crippen molar-refractivity contribution in [2.45, 2.75) is 31.8 Å². The van der Waals surface area contributed by atoms with Crippen LogP contribution in [0.3, 0.4) is 0 Å². The lowest BCUT2D eigenvalue weighted by Gasteiger charge is -2.28. The summed E-state index contributed by atoms with van der Waals surface area (Å²) in [5.74, 6) is -3.11. The van der Waals surface area contributed by atoms with Crippen LogP contribution in [-0.2, 0) is 16.1 Å². The van der Waals surface area contributed by atoms with Crippen LogP contribution in [0.25, 0.3) is 10.6 Å². The van der Waals surface area contributed by atoms with Gasteiger partial charge in [-0.15, -0.1) is 10.2 Å². The smallest absolute Gasteiger partial charge is 0.413 e. The first kappa shape index (κ1) is 28.7. The SMILES string of the molecule is CN(C(=O)NCc1cccc(F)c1F)[C@@H](CCCC(=O)O)COC(=O)Nc1nnc(-c2ccc(Cl)cc2)s1. The summed E-state index contributed by atoms with van der Waals surface area (Å²) < 4.78 is 32.6. The minimum absolute atomic E-state index is 0.0418. The summed E-state index contributed by atoms with van der Waals surface area (Å²) in [5.41, 5.74) is 0.720. The zero-order valence-electron chi connectivity index (χ0n) is 20.1. The average molecular weight is 568 g/mol. The van der Waals surface area contributed by atoms with Crippen molar-refractivity contribution in [2.24, 2.45) is 0 Å². The Morgan fingerprint density at radius 1 is 1.16 bits per heavy atom. The Morgan fingerprint density at radius 3 is 2.61 bits per heavy atom. The van der Waals surface area contributed by atoms with Crippen LogP contribution in [0.1, 0.15) is 24.8 Å². The van der Waals surface area contributed by atoms with Crippen LogP contribution in [0.15, 0.2) is 42.5 Å². The highest BCUT2D eigenvalue weighted by Gasteiger charge is 2.23. The molecule has 3 N–H and O–H groups in total. The Kier molecular flexibility index (Phi) is 10.3.